The van der Waals surface area contributed by atoms with Gasteiger partial charge in [-0.2, -0.15) is 0 Å². The molecule has 4 heterocycles. The van der Waals surface area contributed by atoms with Crippen LogP contribution < -0.4 is 0 Å². The average Bonchev–Trinajstić information content (AvgIpc) is 3.54. The molecule has 4 atom stereocenters. The maximum atomic E-state index is 11.4. The molecule has 3 saturated heterocycles. The Hall–Kier alpha value is -1.92. The van der Waals surface area contributed by atoms with E-state index in [-0.39, 0.29) is 12.5 Å². The van der Waals surface area contributed by atoms with Gasteiger partial charge in [-0.05, 0) is 70.0 Å². The van der Waals surface area contributed by atoms with Gasteiger partial charge in [0.15, 0.2) is 0 Å². The molecule has 1 aromatic heterocycles. The molecule has 6 nitrogen and oxygen atoms in total. The highest BCUT2D eigenvalue weighted by Gasteiger charge is 2.43. The van der Waals surface area contributed by atoms with Gasteiger partial charge in [-0.25, -0.2) is 4.98 Å². The Morgan fingerprint density at radius 3 is 2.16 bits per heavy atom. The number of aliphatic carboxylic acids is 1. The minimum atomic E-state index is -0.704. The lowest BCUT2D eigenvalue weighted by Crippen LogP contribution is -2.56. The number of carbonyl (C=O) groups is 1. The highest BCUT2D eigenvalue weighted by molar-refractivity contribution is 5.76. The smallest absolute Gasteiger partial charge is 0.304 e. The van der Waals surface area contributed by atoms with Crippen LogP contribution in [-0.4, -0.2) is 61.6 Å². The van der Waals surface area contributed by atoms with Crippen LogP contribution in [0, 0.1) is 0 Å². The Morgan fingerprint density at radius 1 is 0.789 bits per heavy atom. The molecule has 1 aliphatic carbocycles. The molecule has 6 rings (SSSR count). The largest absolute Gasteiger partial charge is 0.481 e. The second-order valence-electron chi connectivity index (χ2n) is 12.7. The van der Waals surface area contributed by atoms with Crippen LogP contribution in [0.15, 0.2) is 24.3 Å². The van der Waals surface area contributed by atoms with E-state index >= 15 is 0 Å². The molecule has 208 valence electrons. The lowest BCUT2D eigenvalue weighted by Gasteiger charge is -2.53. The first-order valence-electron chi connectivity index (χ1n) is 15.9. The van der Waals surface area contributed by atoms with Crippen molar-refractivity contribution >= 4 is 17.0 Å². The van der Waals surface area contributed by atoms with E-state index in [0.29, 0.717) is 24.7 Å². The van der Waals surface area contributed by atoms with Crippen molar-refractivity contribution < 1.29 is 9.90 Å². The summed E-state index contributed by atoms with van der Waals surface area (Å²) in [6.07, 6.45) is 21.7. The number of imidazole rings is 1. The molecule has 2 aromatic rings. The van der Waals surface area contributed by atoms with E-state index in [9.17, 15) is 9.90 Å². The summed E-state index contributed by atoms with van der Waals surface area (Å²) in [6.45, 7) is 1.60. The zero-order valence-electron chi connectivity index (χ0n) is 23.3. The van der Waals surface area contributed by atoms with Crippen molar-refractivity contribution in [1.82, 2.24) is 19.4 Å². The van der Waals surface area contributed by atoms with Crippen molar-refractivity contribution in [3.8, 4) is 0 Å². The zero-order chi connectivity index (χ0) is 25.9. The van der Waals surface area contributed by atoms with Crippen LogP contribution in [0.4, 0.5) is 0 Å². The Labute approximate surface area is 228 Å². The summed E-state index contributed by atoms with van der Waals surface area (Å²) in [6, 6.07) is 11.6. The van der Waals surface area contributed by atoms with Crippen LogP contribution in [0.25, 0.3) is 11.0 Å². The molecular weight excluding hydrogens is 472 g/mol. The van der Waals surface area contributed by atoms with Gasteiger partial charge in [0.2, 0.25) is 0 Å². The molecule has 1 aromatic carbocycles. The number of para-hydroxylation sites is 2. The summed E-state index contributed by atoms with van der Waals surface area (Å²) in [7, 11) is 0. The summed E-state index contributed by atoms with van der Waals surface area (Å²) in [5.74, 6) is 0.495. The van der Waals surface area contributed by atoms with Crippen LogP contribution in [0.2, 0.25) is 0 Å². The Balaban J connectivity index is 1.27. The molecule has 38 heavy (non-hydrogen) atoms. The van der Waals surface area contributed by atoms with Gasteiger partial charge in [0.1, 0.15) is 5.82 Å². The van der Waals surface area contributed by atoms with Crippen molar-refractivity contribution in [3.05, 3.63) is 30.1 Å². The van der Waals surface area contributed by atoms with E-state index in [0.717, 1.165) is 30.9 Å². The van der Waals surface area contributed by atoms with Crippen LogP contribution in [0.1, 0.15) is 127 Å². The number of aromatic nitrogens is 2. The molecule has 0 unspecified atom stereocenters. The number of piperidine rings is 2. The van der Waals surface area contributed by atoms with E-state index in [1.54, 1.807) is 0 Å². The molecule has 6 heteroatoms. The SMILES string of the molecule is O=C(O)CCN1CCC[C@@H]1c1nc2ccccc2n1[C@@H]1C[C@H]2CCC[C@@H](C1)N2C1CCCCCCCCC1. The van der Waals surface area contributed by atoms with Gasteiger partial charge in [0.25, 0.3) is 0 Å². The lowest BCUT2D eigenvalue weighted by atomic mass is 9.79. The van der Waals surface area contributed by atoms with Gasteiger partial charge in [0, 0.05) is 30.7 Å². The molecule has 0 spiro atoms. The first kappa shape index (κ1) is 26.3. The zero-order valence-corrected chi connectivity index (χ0v) is 23.3. The maximum Gasteiger partial charge on any atom is 0.304 e. The summed E-state index contributed by atoms with van der Waals surface area (Å²) in [4.78, 5) is 22.0. The van der Waals surface area contributed by atoms with Gasteiger partial charge in [0.05, 0.1) is 23.5 Å². The Bertz CT molecular complexity index is 1060. The number of carboxylic acids is 1. The Morgan fingerprint density at radius 2 is 1.45 bits per heavy atom. The van der Waals surface area contributed by atoms with Gasteiger partial charge in [-0.1, -0.05) is 63.5 Å². The summed E-state index contributed by atoms with van der Waals surface area (Å²) in [5.41, 5.74) is 2.38. The van der Waals surface area contributed by atoms with E-state index in [1.165, 1.54) is 101 Å². The monoisotopic (exact) mass is 520 g/mol. The minimum Gasteiger partial charge on any atom is -0.481 e. The Kier molecular flexibility index (Phi) is 8.36. The normalized spacial score (nSPS) is 30.5. The van der Waals surface area contributed by atoms with Gasteiger partial charge >= 0.3 is 5.97 Å². The quantitative estimate of drug-likeness (QED) is 0.440. The number of carboxylic acid groups (broad SMARTS) is 1. The van der Waals surface area contributed by atoms with Crippen LogP contribution in [0.5, 0.6) is 0 Å². The summed E-state index contributed by atoms with van der Waals surface area (Å²) < 4.78 is 2.63. The van der Waals surface area contributed by atoms with Gasteiger partial charge < -0.3 is 9.67 Å². The lowest BCUT2D eigenvalue weighted by molar-refractivity contribution is -0.137. The molecule has 2 bridgehead atoms. The number of fused-ring (bicyclic) bond motifs is 3. The molecule has 4 fully saturated rings. The number of nitrogens with zero attached hydrogens (tertiary/aromatic N) is 4. The third-order valence-electron chi connectivity index (χ3n) is 10.3. The molecule has 1 saturated carbocycles. The summed E-state index contributed by atoms with van der Waals surface area (Å²) in [5, 5.41) is 9.34. The van der Waals surface area contributed by atoms with Crippen molar-refractivity contribution in [2.45, 2.75) is 139 Å². The minimum absolute atomic E-state index is 0.209. The van der Waals surface area contributed by atoms with Crippen molar-refractivity contribution in [3.63, 3.8) is 0 Å². The summed E-state index contributed by atoms with van der Waals surface area (Å²) >= 11 is 0. The topological polar surface area (TPSA) is 61.6 Å². The third-order valence-corrected chi connectivity index (χ3v) is 10.3. The van der Waals surface area contributed by atoms with E-state index < -0.39 is 5.97 Å². The van der Waals surface area contributed by atoms with Crippen molar-refractivity contribution in [2.24, 2.45) is 0 Å². The number of hydrogen-bond donors (Lipinski definition) is 1. The number of benzene rings is 1. The first-order chi connectivity index (χ1) is 18.7. The highest BCUT2D eigenvalue weighted by Crippen LogP contribution is 2.45. The second kappa shape index (κ2) is 12.1. The molecular formula is C32H48N4O2. The van der Waals surface area contributed by atoms with Gasteiger partial charge in [-0.15, -0.1) is 0 Å². The predicted molar refractivity (Wildman–Crippen MR) is 152 cm³/mol. The first-order valence-corrected chi connectivity index (χ1v) is 15.9. The molecule has 0 radical (unpaired) electrons. The van der Waals surface area contributed by atoms with Gasteiger partial charge in [-0.3, -0.25) is 14.6 Å². The maximum absolute atomic E-state index is 11.4. The fourth-order valence-electron chi connectivity index (χ4n) is 8.59. The highest BCUT2D eigenvalue weighted by atomic mass is 16.4. The van der Waals surface area contributed by atoms with Crippen LogP contribution in [-0.2, 0) is 4.79 Å². The van der Waals surface area contributed by atoms with E-state index in [4.69, 9.17) is 4.98 Å². The standard InChI is InChI=1S/C32H48N4O2/c37-31(38)19-21-34-20-11-18-30(34)32-33-28-16-8-9-17-29(28)36(32)27-22-25-14-10-15-26(23-27)35(25)24-12-6-4-2-1-3-5-7-13-24/h8-9,16-17,24-27,30H,1-7,10-15,18-23H2,(H,37,38)/t25-,26+,27-,30-/m1/s1. The number of likely N-dealkylation sites (tertiary alicyclic amines) is 1. The van der Waals surface area contributed by atoms with Crippen molar-refractivity contribution in [1.29, 1.82) is 0 Å². The third kappa shape index (κ3) is 5.54. The van der Waals surface area contributed by atoms with Crippen LogP contribution in [0.3, 0.4) is 0 Å². The molecule has 4 aliphatic rings. The fraction of sp³-hybridized carbons (Fsp3) is 0.750. The second-order valence-corrected chi connectivity index (χ2v) is 12.7. The van der Waals surface area contributed by atoms with Crippen LogP contribution >= 0.6 is 0 Å². The number of rotatable bonds is 6. The molecule has 3 aliphatic heterocycles. The van der Waals surface area contributed by atoms with E-state index in [2.05, 4.69) is 38.6 Å². The average molecular weight is 521 g/mol. The predicted octanol–water partition coefficient (Wildman–Crippen LogP) is 7.10. The van der Waals surface area contributed by atoms with E-state index in [1.807, 2.05) is 0 Å². The fourth-order valence-corrected chi connectivity index (χ4v) is 8.59. The van der Waals surface area contributed by atoms with Crippen molar-refractivity contribution in [2.75, 3.05) is 13.1 Å². The molecule has 1 N–H and O–H groups in total. The number of hydrogen-bond acceptors (Lipinski definition) is 4. The molecule has 0 amide bonds.